The molecule has 0 saturated carbocycles. The lowest BCUT2D eigenvalue weighted by Crippen LogP contribution is -2.39. The van der Waals surface area contributed by atoms with Crippen LogP contribution in [0.3, 0.4) is 0 Å². The van der Waals surface area contributed by atoms with Crippen molar-refractivity contribution in [3.63, 3.8) is 0 Å². The first-order chi connectivity index (χ1) is 8.93. The fourth-order valence-corrected chi connectivity index (χ4v) is 1.46. The Morgan fingerprint density at radius 2 is 1.95 bits per heavy atom. The van der Waals surface area contributed by atoms with Gasteiger partial charge in [-0.15, -0.1) is 0 Å². The van der Waals surface area contributed by atoms with Crippen molar-refractivity contribution in [2.45, 2.75) is 19.9 Å². The molecule has 1 rings (SSSR count). The van der Waals surface area contributed by atoms with Gasteiger partial charge in [0.15, 0.2) is 0 Å². The molecule has 0 heterocycles. The summed E-state index contributed by atoms with van der Waals surface area (Å²) in [6.07, 6.45) is 0. The van der Waals surface area contributed by atoms with Gasteiger partial charge in [-0.25, -0.2) is 4.79 Å². The lowest BCUT2D eigenvalue weighted by atomic mass is 10.1. The van der Waals surface area contributed by atoms with Crippen molar-refractivity contribution in [1.29, 1.82) is 0 Å². The van der Waals surface area contributed by atoms with Crippen molar-refractivity contribution in [3.05, 3.63) is 29.8 Å². The Kier molecular flexibility index (Phi) is 5.05. The molecule has 0 aromatic heterocycles. The van der Waals surface area contributed by atoms with Gasteiger partial charge in [0.1, 0.15) is 6.04 Å². The minimum atomic E-state index is -0.734. The van der Waals surface area contributed by atoms with Crippen LogP contribution in [-0.4, -0.2) is 30.9 Å². The van der Waals surface area contributed by atoms with Gasteiger partial charge in [0, 0.05) is 18.2 Å². The van der Waals surface area contributed by atoms with E-state index in [2.05, 4.69) is 15.4 Å². The fourth-order valence-electron chi connectivity index (χ4n) is 1.46. The summed E-state index contributed by atoms with van der Waals surface area (Å²) < 4.78 is 4.51. The van der Waals surface area contributed by atoms with Crippen LogP contribution in [0, 0.1) is 0 Å². The number of hydrogen-bond donors (Lipinski definition) is 2. The Balaban J connectivity index is 2.77. The van der Waals surface area contributed by atoms with E-state index in [1.54, 1.807) is 18.2 Å². The molecule has 0 spiro atoms. The average Bonchev–Trinajstić information content (AvgIpc) is 2.37. The zero-order chi connectivity index (χ0) is 14.4. The molecule has 0 aliphatic heterocycles. The van der Waals surface area contributed by atoms with Crippen LogP contribution in [0.5, 0.6) is 0 Å². The second kappa shape index (κ2) is 6.53. The molecule has 2 amide bonds. The van der Waals surface area contributed by atoms with E-state index in [1.807, 2.05) is 0 Å². The summed E-state index contributed by atoms with van der Waals surface area (Å²) in [7, 11) is 1.25. The molecule has 1 unspecified atom stereocenters. The number of nitrogens with one attached hydrogen (secondary N) is 2. The number of amides is 2. The van der Waals surface area contributed by atoms with E-state index in [4.69, 9.17) is 0 Å². The second-order valence-corrected chi connectivity index (χ2v) is 3.98. The predicted molar refractivity (Wildman–Crippen MR) is 69.7 cm³/mol. The van der Waals surface area contributed by atoms with Gasteiger partial charge in [0.25, 0.3) is 5.91 Å². The summed E-state index contributed by atoms with van der Waals surface area (Å²) in [6, 6.07) is 5.69. The summed E-state index contributed by atoms with van der Waals surface area (Å²) in [5.74, 6) is -1.16. The van der Waals surface area contributed by atoms with Gasteiger partial charge in [0.2, 0.25) is 5.91 Å². The van der Waals surface area contributed by atoms with Gasteiger partial charge >= 0.3 is 5.97 Å². The number of esters is 1. The molecule has 0 aliphatic rings. The zero-order valence-corrected chi connectivity index (χ0v) is 11.0. The number of anilines is 1. The van der Waals surface area contributed by atoms with Crippen molar-refractivity contribution in [2.24, 2.45) is 0 Å². The van der Waals surface area contributed by atoms with E-state index >= 15 is 0 Å². The van der Waals surface area contributed by atoms with Crippen molar-refractivity contribution in [2.75, 3.05) is 12.4 Å². The van der Waals surface area contributed by atoms with Crippen LogP contribution in [0.25, 0.3) is 0 Å². The third-order valence-electron chi connectivity index (χ3n) is 2.35. The summed E-state index contributed by atoms with van der Waals surface area (Å²) >= 11 is 0. The number of carbonyl (C=O) groups excluding carboxylic acids is 3. The molecule has 6 nitrogen and oxygen atoms in total. The average molecular weight is 264 g/mol. The molecule has 0 aliphatic carbocycles. The molecule has 19 heavy (non-hydrogen) atoms. The van der Waals surface area contributed by atoms with E-state index in [0.717, 1.165) is 0 Å². The third-order valence-corrected chi connectivity index (χ3v) is 2.35. The van der Waals surface area contributed by atoms with Gasteiger partial charge < -0.3 is 15.4 Å². The Morgan fingerprint density at radius 3 is 2.53 bits per heavy atom. The molecule has 0 bridgehead atoms. The maximum Gasteiger partial charge on any atom is 0.328 e. The number of rotatable bonds is 4. The highest BCUT2D eigenvalue weighted by molar-refractivity contribution is 5.98. The second-order valence-electron chi connectivity index (χ2n) is 3.98. The first kappa shape index (κ1) is 14.7. The minimum absolute atomic E-state index is 0.222. The Hall–Kier alpha value is -2.37. The maximum atomic E-state index is 11.9. The molecule has 1 aromatic rings. The van der Waals surface area contributed by atoms with E-state index in [-0.39, 0.29) is 5.91 Å². The summed E-state index contributed by atoms with van der Waals surface area (Å²) in [6.45, 7) is 2.91. The number of benzene rings is 1. The van der Waals surface area contributed by atoms with Crippen molar-refractivity contribution in [1.82, 2.24) is 5.32 Å². The first-order valence-electron chi connectivity index (χ1n) is 5.70. The molecule has 1 aromatic carbocycles. The van der Waals surface area contributed by atoms with Gasteiger partial charge in [-0.3, -0.25) is 9.59 Å². The van der Waals surface area contributed by atoms with Gasteiger partial charge in [-0.1, -0.05) is 6.07 Å². The van der Waals surface area contributed by atoms with E-state index in [1.165, 1.54) is 27.0 Å². The molecular formula is C13H16N2O4. The van der Waals surface area contributed by atoms with Crippen LogP contribution >= 0.6 is 0 Å². The van der Waals surface area contributed by atoms with Crippen LogP contribution in [0.4, 0.5) is 5.69 Å². The van der Waals surface area contributed by atoms with Crippen LogP contribution in [0.2, 0.25) is 0 Å². The monoisotopic (exact) mass is 264 g/mol. The van der Waals surface area contributed by atoms with Crippen LogP contribution in [0.1, 0.15) is 24.2 Å². The lowest BCUT2D eigenvalue weighted by Gasteiger charge is -2.12. The first-order valence-corrected chi connectivity index (χ1v) is 5.70. The highest BCUT2D eigenvalue weighted by Gasteiger charge is 2.16. The SMILES string of the molecule is COC(=O)C(C)NC(=O)c1cccc(NC(C)=O)c1. The summed E-state index contributed by atoms with van der Waals surface area (Å²) in [5.41, 5.74) is 0.868. The topological polar surface area (TPSA) is 84.5 Å². The van der Waals surface area contributed by atoms with E-state index in [9.17, 15) is 14.4 Å². The number of hydrogen-bond acceptors (Lipinski definition) is 4. The Morgan fingerprint density at radius 1 is 1.26 bits per heavy atom. The highest BCUT2D eigenvalue weighted by Crippen LogP contribution is 2.10. The van der Waals surface area contributed by atoms with Gasteiger partial charge in [0.05, 0.1) is 7.11 Å². The van der Waals surface area contributed by atoms with Crippen molar-refractivity contribution >= 4 is 23.5 Å². The largest absolute Gasteiger partial charge is 0.467 e. The summed E-state index contributed by atoms with van der Waals surface area (Å²) in [5, 5.41) is 5.08. The smallest absolute Gasteiger partial charge is 0.328 e. The Labute approximate surface area is 111 Å². The maximum absolute atomic E-state index is 11.9. The van der Waals surface area contributed by atoms with Gasteiger partial charge in [-0.2, -0.15) is 0 Å². The zero-order valence-electron chi connectivity index (χ0n) is 11.0. The predicted octanol–water partition coefficient (Wildman–Crippen LogP) is 0.936. The molecule has 0 fully saturated rings. The molecule has 0 radical (unpaired) electrons. The summed E-state index contributed by atoms with van der Waals surface area (Å²) in [4.78, 5) is 34.0. The molecule has 2 N–H and O–H groups in total. The Bertz CT molecular complexity index is 499. The lowest BCUT2D eigenvalue weighted by molar-refractivity contribution is -0.142. The normalized spacial score (nSPS) is 11.3. The molecule has 102 valence electrons. The van der Waals surface area contributed by atoms with Crippen LogP contribution in [0.15, 0.2) is 24.3 Å². The minimum Gasteiger partial charge on any atom is -0.467 e. The standard InChI is InChI=1S/C13H16N2O4/c1-8(13(18)19-3)14-12(17)10-5-4-6-11(7-10)15-9(2)16/h4-8H,1-3H3,(H,14,17)(H,15,16). The number of carbonyl (C=O) groups is 3. The molecule has 6 heteroatoms. The molecular weight excluding hydrogens is 248 g/mol. The van der Waals surface area contributed by atoms with Gasteiger partial charge in [-0.05, 0) is 25.1 Å². The van der Waals surface area contributed by atoms with E-state index < -0.39 is 17.9 Å². The highest BCUT2D eigenvalue weighted by atomic mass is 16.5. The van der Waals surface area contributed by atoms with Crippen LogP contribution < -0.4 is 10.6 Å². The van der Waals surface area contributed by atoms with E-state index in [0.29, 0.717) is 11.3 Å². The van der Waals surface area contributed by atoms with Crippen LogP contribution in [-0.2, 0) is 14.3 Å². The fraction of sp³-hybridized carbons (Fsp3) is 0.308. The molecule has 1 atom stereocenters. The van der Waals surface area contributed by atoms with Crippen molar-refractivity contribution < 1.29 is 19.1 Å². The van der Waals surface area contributed by atoms with Crippen molar-refractivity contribution in [3.8, 4) is 0 Å². The quantitative estimate of drug-likeness (QED) is 0.792. The third kappa shape index (κ3) is 4.42. The number of ether oxygens (including phenoxy) is 1. The number of methoxy groups -OCH3 is 1. The molecule has 0 saturated heterocycles.